The van der Waals surface area contributed by atoms with Gasteiger partial charge in [-0.1, -0.05) is 28.4 Å². The standard InChI is InChI=1S/C21H26BrNO/c22-19-12-9-18(10-13-19)21(24)14-11-17-7-3-1-4-8-20(17)23-15-5-2-6-16-23/h9-14H,1-8,15-16H2/b14-11-. The van der Waals surface area contributed by atoms with Crippen LogP contribution in [0.15, 0.2) is 52.2 Å². The number of benzene rings is 1. The number of rotatable bonds is 4. The molecule has 24 heavy (non-hydrogen) atoms. The highest BCUT2D eigenvalue weighted by Gasteiger charge is 2.18. The minimum Gasteiger partial charge on any atom is -0.375 e. The fraction of sp³-hybridized carbons (Fsp3) is 0.476. The summed E-state index contributed by atoms with van der Waals surface area (Å²) in [5, 5.41) is 0. The van der Waals surface area contributed by atoms with Crippen molar-refractivity contribution in [2.75, 3.05) is 13.1 Å². The van der Waals surface area contributed by atoms with Crippen molar-refractivity contribution >= 4 is 21.7 Å². The largest absolute Gasteiger partial charge is 0.375 e. The van der Waals surface area contributed by atoms with Crippen LogP contribution < -0.4 is 0 Å². The van der Waals surface area contributed by atoms with Gasteiger partial charge in [0.2, 0.25) is 0 Å². The van der Waals surface area contributed by atoms with Crippen molar-refractivity contribution in [3.8, 4) is 0 Å². The van der Waals surface area contributed by atoms with Crippen LogP contribution in [-0.4, -0.2) is 23.8 Å². The molecule has 0 saturated carbocycles. The van der Waals surface area contributed by atoms with Crippen LogP contribution in [-0.2, 0) is 0 Å². The zero-order valence-corrected chi connectivity index (χ0v) is 15.9. The maximum Gasteiger partial charge on any atom is 0.185 e. The molecule has 0 unspecified atom stereocenters. The normalized spacial score (nSPS) is 19.6. The molecule has 0 radical (unpaired) electrons. The number of allylic oxidation sites excluding steroid dienone is 4. The zero-order valence-electron chi connectivity index (χ0n) is 14.3. The molecule has 1 heterocycles. The van der Waals surface area contributed by atoms with E-state index in [4.69, 9.17) is 0 Å². The first-order chi connectivity index (χ1) is 11.7. The second-order valence-corrected chi connectivity index (χ2v) is 7.70. The zero-order chi connectivity index (χ0) is 16.8. The summed E-state index contributed by atoms with van der Waals surface area (Å²) in [7, 11) is 0. The summed E-state index contributed by atoms with van der Waals surface area (Å²) in [6, 6.07) is 7.60. The molecule has 0 atom stereocenters. The lowest BCUT2D eigenvalue weighted by Crippen LogP contribution is -2.29. The van der Waals surface area contributed by atoms with E-state index in [1.54, 1.807) is 6.08 Å². The van der Waals surface area contributed by atoms with Gasteiger partial charge in [-0.15, -0.1) is 0 Å². The Kier molecular flexibility index (Phi) is 6.30. The van der Waals surface area contributed by atoms with Gasteiger partial charge in [0, 0.05) is 28.8 Å². The molecular formula is C21H26BrNO. The van der Waals surface area contributed by atoms with Crippen LogP contribution in [0.2, 0.25) is 0 Å². The number of ketones is 1. The van der Waals surface area contributed by atoms with E-state index in [2.05, 4.69) is 26.9 Å². The average molecular weight is 388 g/mol. The van der Waals surface area contributed by atoms with Gasteiger partial charge in [0.15, 0.2) is 5.78 Å². The summed E-state index contributed by atoms with van der Waals surface area (Å²) in [5.41, 5.74) is 3.65. The van der Waals surface area contributed by atoms with Crippen LogP contribution in [0.25, 0.3) is 0 Å². The van der Waals surface area contributed by atoms with Crippen molar-refractivity contribution in [3.63, 3.8) is 0 Å². The summed E-state index contributed by atoms with van der Waals surface area (Å²) >= 11 is 3.41. The number of hydrogen-bond donors (Lipinski definition) is 0. The first-order valence-corrected chi connectivity index (χ1v) is 9.98. The number of hydrogen-bond acceptors (Lipinski definition) is 2. The number of nitrogens with zero attached hydrogens (tertiary/aromatic N) is 1. The lowest BCUT2D eigenvalue weighted by atomic mass is 10.0. The van der Waals surface area contributed by atoms with E-state index in [-0.39, 0.29) is 5.78 Å². The molecule has 128 valence electrons. The van der Waals surface area contributed by atoms with Gasteiger partial charge in [0.05, 0.1) is 0 Å². The van der Waals surface area contributed by atoms with Gasteiger partial charge < -0.3 is 4.90 Å². The van der Waals surface area contributed by atoms with E-state index in [1.165, 1.54) is 69.3 Å². The lowest BCUT2D eigenvalue weighted by molar-refractivity contribution is 0.104. The van der Waals surface area contributed by atoms with Crippen LogP contribution in [0, 0.1) is 0 Å². The van der Waals surface area contributed by atoms with Crippen molar-refractivity contribution in [1.29, 1.82) is 0 Å². The Labute approximate surface area is 153 Å². The Morgan fingerprint density at radius 1 is 0.917 bits per heavy atom. The summed E-state index contributed by atoms with van der Waals surface area (Å²) in [6.07, 6.45) is 13.9. The van der Waals surface area contributed by atoms with Crippen molar-refractivity contribution in [2.45, 2.75) is 51.4 Å². The van der Waals surface area contributed by atoms with Gasteiger partial charge in [-0.2, -0.15) is 0 Å². The Bertz CT molecular complexity index is 624. The Morgan fingerprint density at radius 3 is 2.33 bits per heavy atom. The monoisotopic (exact) mass is 387 g/mol. The van der Waals surface area contributed by atoms with E-state index in [1.807, 2.05) is 24.3 Å². The molecule has 2 nitrogen and oxygen atoms in total. The van der Waals surface area contributed by atoms with E-state index >= 15 is 0 Å². The SMILES string of the molecule is O=C(/C=C\C1=C(N2CCCCC2)CCCCC1)c1ccc(Br)cc1. The molecule has 0 spiro atoms. The number of piperidine rings is 1. The summed E-state index contributed by atoms with van der Waals surface area (Å²) in [6.45, 7) is 2.38. The quantitative estimate of drug-likeness (QED) is 0.473. The highest BCUT2D eigenvalue weighted by Crippen LogP contribution is 2.29. The first kappa shape index (κ1) is 17.5. The van der Waals surface area contributed by atoms with E-state index in [0.29, 0.717) is 0 Å². The minimum absolute atomic E-state index is 0.0947. The van der Waals surface area contributed by atoms with Crippen molar-refractivity contribution in [1.82, 2.24) is 4.90 Å². The molecule has 1 aliphatic carbocycles. The van der Waals surface area contributed by atoms with E-state index in [0.717, 1.165) is 16.5 Å². The second kappa shape index (κ2) is 8.66. The van der Waals surface area contributed by atoms with Crippen molar-refractivity contribution in [2.24, 2.45) is 0 Å². The molecule has 1 fully saturated rings. The highest BCUT2D eigenvalue weighted by atomic mass is 79.9. The van der Waals surface area contributed by atoms with Gasteiger partial charge in [0.25, 0.3) is 0 Å². The molecule has 3 heteroatoms. The van der Waals surface area contributed by atoms with Crippen LogP contribution in [0.1, 0.15) is 61.7 Å². The Balaban J connectivity index is 1.78. The maximum absolute atomic E-state index is 12.4. The third-order valence-corrected chi connectivity index (χ3v) is 5.56. The predicted molar refractivity (Wildman–Crippen MR) is 103 cm³/mol. The summed E-state index contributed by atoms with van der Waals surface area (Å²) in [4.78, 5) is 15.0. The second-order valence-electron chi connectivity index (χ2n) is 6.78. The van der Waals surface area contributed by atoms with E-state index in [9.17, 15) is 4.79 Å². The van der Waals surface area contributed by atoms with Crippen LogP contribution in [0.5, 0.6) is 0 Å². The molecule has 1 aromatic rings. The van der Waals surface area contributed by atoms with Crippen LogP contribution in [0.3, 0.4) is 0 Å². The number of halogens is 1. The lowest BCUT2D eigenvalue weighted by Gasteiger charge is -2.32. The van der Waals surface area contributed by atoms with Gasteiger partial charge in [-0.3, -0.25) is 4.79 Å². The molecule has 0 amide bonds. The molecule has 1 aliphatic heterocycles. The topological polar surface area (TPSA) is 20.3 Å². The van der Waals surface area contributed by atoms with Crippen molar-refractivity contribution < 1.29 is 4.79 Å². The number of carbonyl (C=O) groups excluding carboxylic acids is 1. The van der Waals surface area contributed by atoms with Gasteiger partial charge in [-0.25, -0.2) is 0 Å². The molecule has 0 N–H and O–H groups in total. The molecule has 0 aromatic heterocycles. The van der Waals surface area contributed by atoms with Gasteiger partial charge in [0.1, 0.15) is 0 Å². The molecule has 0 bridgehead atoms. The van der Waals surface area contributed by atoms with Crippen LogP contribution in [0.4, 0.5) is 0 Å². The van der Waals surface area contributed by atoms with E-state index < -0.39 is 0 Å². The molecule has 1 aromatic carbocycles. The summed E-state index contributed by atoms with van der Waals surface area (Å²) in [5.74, 6) is 0.0947. The molecular weight excluding hydrogens is 362 g/mol. The number of carbonyl (C=O) groups is 1. The Morgan fingerprint density at radius 2 is 1.58 bits per heavy atom. The molecule has 3 rings (SSSR count). The summed E-state index contributed by atoms with van der Waals surface area (Å²) < 4.78 is 1.00. The fourth-order valence-corrected chi connectivity index (χ4v) is 3.95. The third kappa shape index (κ3) is 4.60. The van der Waals surface area contributed by atoms with Crippen LogP contribution >= 0.6 is 15.9 Å². The third-order valence-electron chi connectivity index (χ3n) is 5.03. The fourth-order valence-electron chi connectivity index (χ4n) is 3.68. The average Bonchev–Trinajstić information content (AvgIpc) is 2.86. The van der Waals surface area contributed by atoms with Gasteiger partial charge in [-0.05, 0) is 80.9 Å². The number of likely N-dealkylation sites (tertiary alicyclic amines) is 1. The molecule has 2 aliphatic rings. The van der Waals surface area contributed by atoms with Crippen molar-refractivity contribution in [3.05, 3.63) is 57.7 Å². The molecule has 1 saturated heterocycles. The maximum atomic E-state index is 12.4. The minimum atomic E-state index is 0.0947. The first-order valence-electron chi connectivity index (χ1n) is 9.19. The van der Waals surface area contributed by atoms with Gasteiger partial charge >= 0.3 is 0 Å². The smallest absolute Gasteiger partial charge is 0.185 e. The predicted octanol–water partition coefficient (Wildman–Crippen LogP) is 5.89. The Hall–Kier alpha value is -1.35. The highest BCUT2D eigenvalue weighted by molar-refractivity contribution is 9.10.